The van der Waals surface area contributed by atoms with Crippen LogP contribution in [0.25, 0.3) is 0 Å². The summed E-state index contributed by atoms with van der Waals surface area (Å²) < 4.78 is 19.3. The number of nitrogens with one attached hydrogen (secondary N) is 1. The van der Waals surface area contributed by atoms with Gasteiger partial charge < -0.3 is 20.1 Å². The summed E-state index contributed by atoms with van der Waals surface area (Å²) in [4.78, 5) is 6.62. The average Bonchev–Trinajstić information content (AvgIpc) is 2.69. The molecule has 0 radical (unpaired) electrons. The standard InChI is InChI=1S/C22H28FN3O2/c1-16-14-26(15-21(28-16)18-7-9-19(23)10-8-18)22(24-2)25-13-3-4-17-5-11-20(27)12-6-17/h5-12,16,21,27H,3-4,13-15H2,1-2H3,(H,24,25). The van der Waals surface area contributed by atoms with Crippen LogP contribution in [0, 0.1) is 5.82 Å². The third kappa shape index (κ3) is 5.45. The lowest BCUT2D eigenvalue weighted by Gasteiger charge is -2.38. The molecule has 0 bridgehead atoms. The predicted molar refractivity (Wildman–Crippen MR) is 109 cm³/mol. The zero-order chi connectivity index (χ0) is 19.9. The number of aryl methyl sites for hydroxylation is 1. The molecule has 1 saturated heterocycles. The lowest BCUT2D eigenvalue weighted by Crippen LogP contribution is -2.50. The molecule has 2 unspecified atom stereocenters. The molecule has 2 atom stereocenters. The summed E-state index contributed by atoms with van der Waals surface area (Å²) >= 11 is 0. The maximum absolute atomic E-state index is 13.2. The van der Waals surface area contributed by atoms with Gasteiger partial charge in [-0.25, -0.2) is 4.39 Å². The molecule has 1 heterocycles. The number of rotatable bonds is 5. The van der Waals surface area contributed by atoms with Crippen molar-refractivity contribution in [2.24, 2.45) is 4.99 Å². The lowest BCUT2D eigenvalue weighted by molar-refractivity contribution is -0.0605. The van der Waals surface area contributed by atoms with E-state index in [1.807, 2.05) is 19.1 Å². The second-order valence-corrected chi connectivity index (χ2v) is 7.14. The monoisotopic (exact) mass is 385 g/mol. The highest BCUT2D eigenvalue weighted by Crippen LogP contribution is 2.25. The Bertz CT molecular complexity index is 777. The van der Waals surface area contributed by atoms with E-state index in [1.165, 1.54) is 17.7 Å². The molecule has 5 nitrogen and oxygen atoms in total. The van der Waals surface area contributed by atoms with Gasteiger partial charge in [0.1, 0.15) is 17.7 Å². The number of nitrogens with zero attached hydrogens (tertiary/aromatic N) is 2. The molecule has 28 heavy (non-hydrogen) atoms. The van der Waals surface area contributed by atoms with Gasteiger partial charge in [0.15, 0.2) is 5.96 Å². The maximum atomic E-state index is 13.2. The quantitative estimate of drug-likeness (QED) is 0.470. The van der Waals surface area contributed by atoms with Gasteiger partial charge >= 0.3 is 0 Å². The summed E-state index contributed by atoms with van der Waals surface area (Å²) in [6.07, 6.45) is 1.84. The molecule has 3 rings (SSSR count). The Morgan fingerprint density at radius 3 is 2.57 bits per heavy atom. The fourth-order valence-electron chi connectivity index (χ4n) is 3.47. The summed E-state index contributed by atoms with van der Waals surface area (Å²) in [7, 11) is 1.79. The van der Waals surface area contributed by atoms with Crippen molar-refractivity contribution in [2.45, 2.75) is 32.0 Å². The SMILES string of the molecule is CN=C(NCCCc1ccc(O)cc1)N1CC(C)OC(c2ccc(F)cc2)C1. The number of aliphatic imine (C=N–C) groups is 1. The van der Waals surface area contributed by atoms with Gasteiger partial charge in [0, 0.05) is 20.1 Å². The molecular formula is C22H28FN3O2. The Kier molecular flexibility index (Phi) is 6.87. The number of benzene rings is 2. The Morgan fingerprint density at radius 2 is 1.89 bits per heavy atom. The number of phenols is 1. The van der Waals surface area contributed by atoms with Gasteiger partial charge in [-0.05, 0) is 55.2 Å². The predicted octanol–water partition coefficient (Wildman–Crippen LogP) is 3.50. The van der Waals surface area contributed by atoms with Gasteiger partial charge in [-0.2, -0.15) is 0 Å². The number of guanidine groups is 1. The van der Waals surface area contributed by atoms with Crippen LogP contribution in [0.4, 0.5) is 4.39 Å². The zero-order valence-electron chi connectivity index (χ0n) is 16.4. The molecule has 0 spiro atoms. The number of ether oxygens (including phenoxy) is 1. The number of hydrogen-bond acceptors (Lipinski definition) is 3. The van der Waals surface area contributed by atoms with Crippen LogP contribution in [0.5, 0.6) is 5.75 Å². The van der Waals surface area contributed by atoms with Crippen LogP contribution in [-0.4, -0.2) is 48.8 Å². The molecule has 150 valence electrons. The third-order valence-corrected chi connectivity index (χ3v) is 4.88. The summed E-state index contributed by atoms with van der Waals surface area (Å²) in [5, 5.41) is 12.8. The molecule has 2 aromatic carbocycles. The van der Waals surface area contributed by atoms with Crippen molar-refractivity contribution >= 4 is 5.96 Å². The molecule has 2 N–H and O–H groups in total. The first-order valence-electron chi connectivity index (χ1n) is 9.69. The van der Waals surface area contributed by atoms with Gasteiger partial charge in [0.25, 0.3) is 0 Å². The highest BCUT2D eigenvalue weighted by atomic mass is 19.1. The van der Waals surface area contributed by atoms with Crippen LogP contribution in [0.15, 0.2) is 53.5 Å². The van der Waals surface area contributed by atoms with Crippen molar-refractivity contribution < 1.29 is 14.2 Å². The van der Waals surface area contributed by atoms with E-state index in [9.17, 15) is 9.50 Å². The van der Waals surface area contributed by atoms with E-state index in [0.717, 1.165) is 37.5 Å². The van der Waals surface area contributed by atoms with Crippen LogP contribution >= 0.6 is 0 Å². The largest absolute Gasteiger partial charge is 0.508 e. The zero-order valence-corrected chi connectivity index (χ0v) is 16.4. The smallest absolute Gasteiger partial charge is 0.193 e. The topological polar surface area (TPSA) is 57.1 Å². The van der Waals surface area contributed by atoms with Crippen LogP contribution in [0.2, 0.25) is 0 Å². The Hall–Kier alpha value is -2.60. The highest BCUT2D eigenvalue weighted by molar-refractivity contribution is 5.80. The van der Waals surface area contributed by atoms with Crippen molar-refractivity contribution in [3.8, 4) is 5.75 Å². The first-order chi connectivity index (χ1) is 13.5. The van der Waals surface area contributed by atoms with E-state index in [0.29, 0.717) is 12.3 Å². The number of hydrogen-bond donors (Lipinski definition) is 2. The average molecular weight is 385 g/mol. The normalized spacial score (nSPS) is 20.2. The molecular weight excluding hydrogens is 357 g/mol. The van der Waals surface area contributed by atoms with Crippen LogP contribution in [-0.2, 0) is 11.2 Å². The van der Waals surface area contributed by atoms with E-state index >= 15 is 0 Å². The van der Waals surface area contributed by atoms with Gasteiger partial charge in [0.2, 0.25) is 0 Å². The fourth-order valence-corrected chi connectivity index (χ4v) is 3.47. The Labute approximate surface area is 165 Å². The Morgan fingerprint density at radius 1 is 1.18 bits per heavy atom. The summed E-state index contributed by atoms with van der Waals surface area (Å²) in [5.41, 5.74) is 2.17. The first-order valence-corrected chi connectivity index (χ1v) is 9.69. The van der Waals surface area contributed by atoms with Crippen molar-refractivity contribution in [1.29, 1.82) is 0 Å². The minimum Gasteiger partial charge on any atom is -0.508 e. The van der Waals surface area contributed by atoms with Gasteiger partial charge in [-0.15, -0.1) is 0 Å². The number of morpholine rings is 1. The summed E-state index contributed by atoms with van der Waals surface area (Å²) in [6.45, 7) is 4.28. The van der Waals surface area contributed by atoms with E-state index in [1.54, 1.807) is 31.3 Å². The molecule has 6 heteroatoms. The summed E-state index contributed by atoms with van der Waals surface area (Å²) in [6, 6.07) is 13.8. The van der Waals surface area contributed by atoms with Crippen LogP contribution < -0.4 is 5.32 Å². The minimum atomic E-state index is -0.240. The van der Waals surface area contributed by atoms with E-state index in [4.69, 9.17) is 4.74 Å². The molecule has 0 amide bonds. The molecule has 1 aliphatic heterocycles. The van der Waals surface area contributed by atoms with E-state index in [-0.39, 0.29) is 18.0 Å². The van der Waals surface area contributed by atoms with Gasteiger partial charge in [-0.1, -0.05) is 24.3 Å². The lowest BCUT2D eigenvalue weighted by atomic mass is 10.1. The number of aromatic hydroxyl groups is 1. The fraction of sp³-hybridized carbons (Fsp3) is 0.409. The molecule has 0 aromatic heterocycles. The Balaban J connectivity index is 1.53. The van der Waals surface area contributed by atoms with Crippen molar-refractivity contribution in [3.63, 3.8) is 0 Å². The summed E-state index contributed by atoms with van der Waals surface area (Å²) in [5.74, 6) is 0.906. The molecule has 0 saturated carbocycles. The second-order valence-electron chi connectivity index (χ2n) is 7.14. The molecule has 1 aliphatic rings. The van der Waals surface area contributed by atoms with Crippen molar-refractivity contribution in [3.05, 3.63) is 65.5 Å². The van der Waals surface area contributed by atoms with Crippen LogP contribution in [0.3, 0.4) is 0 Å². The molecule has 0 aliphatic carbocycles. The van der Waals surface area contributed by atoms with Crippen LogP contribution in [0.1, 0.15) is 30.6 Å². The first kappa shape index (κ1) is 20.1. The number of halogens is 1. The molecule has 1 fully saturated rings. The number of phenolic OH excluding ortho intramolecular Hbond substituents is 1. The maximum Gasteiger partial charge on any atom is 0.193 e. The molecule has 2 aromatic rings. The van der Waals surface area contributed by atoms with E-state index < -0.39 is 0 Å². The highest BCUT2D eigenvalue weighted by Gasteiger charge is 2.28. The van der Waals surface area contributed by atoms with Gasteiger partial charge in [-0.3, -0.25) is 4.99 Å². The van der Waals surface area contributed by atoms with E-state index in [2.05, 4.69) is 15.2 Å². The minimum absolute atomic E-state index is 0.0550. The van der Waals surface area contributed by atoms with Crippen molar-refractivity contribution in [2.75, 3.05) is 26.7 Å². The van der Waals surface area contributed by atoms with Gasteiger partial charge in [0.05, 0.1) is 12.6 Å². The third-order valence-electron chi connectivity index (χ3n) is 4.88. The van der Waals surface area contributed by atoms with Crippen molar-refractivity contribution in [1.82, 2.24) is 10.2 Å². The second kappa shape index (κ2) is 9.55.